The maximum absolute atomic E-state index is 10.9. The number of carboxylic acids is 1. The molecule has 2 aromatic rings. The fraction of sp³-hybridized carbons (Fsp3) is 0.214. The molecule has 0 radical (unpaired) electrons. The van der Waals surface area contributed by atoms with E-state index in [4.69, 9.17) is 9.84 Å². The summed E-state index contributed by atoms with van der Waals surface area (Å²) in [6.07, 6.45) is 4.05. The van der Waals surface area contributed by atoms with Crippen molar-refractivity contribution in [2.75, 3.05) is 6.61 Å². The average Bonchev–Trinajstić information content (AvgIpc) is 2.46. The van der Waals surface area contributed by atoms with E-state index in [1.54, 1.807) is 12.3 Å². The van der Waals surface area contributed by atoms with Gasteiger partial charge in [-0.15, -0.1) is 0 Å². The number of pyridine rings is 2. The van der Waals surface area contributed by atoms with E-state index < -0.39 is 5.97 Å². The van der Waals surface area contributed by atoms with E-state index in [1.807, 2.05) is 13.0 Å². The summed E-state index contributed by atoms with van der Waals surface area (Å²) >= 11 is 1.29. The van der Waals surface area contributed by atoms with Crippen LogP contribution in [0.1, 0.15) is 23.7 Å². The van der Waals surface area contributed by atoms with Crippen LogP contribution in [0.4, 0.5) is 0 Å². The van der Waals surface area contributed by atoms with Crippen molar-refractivity contribution in [1.29, 1.82) is 0 Å². The largest absolute Gasteiger partial charge is 0.491 e. The van der Waals surface area contributed by atoms with Crippen molar-refractivity contribution in [2.24, 2.45) is 0 Å². The highest BCUT2D eigenvalue weighted by Crippen LogP contribution is 2.32. The third-order valence-electron chi connectivity index (χ3n) is 2.38. The molecule has 2 aromatic heterocycles. The number of ether oxygens (including phenoxy) is 1. The summed E-state index contributed by atoms with van der Waals surface area (Å²) < 4.78 is 5.61. The van der Waals surface area contributed by atoms with Crippen LogP contribution >= 0.6 is 11.8 Å². The zero-order valence-electron chi connectivity index (χ0n) is 10.9. The lowest BCUT2D eigenvalue weighted by Gasteiger charge is -2.08. The molecule has 0 unspecified atom stereocenters. The van der Waals surface area contributed by atoms with Gasteiger partial charge in [-0.1, -0.05) is 6.92 Å². The lowest BCUT2D eigenvalue weighted by atomic mass is 10.3. The predicted octanol–water partition coefficient (Wildman–Crippen LogP) is 3.11. The topological polar surface area (TPSA) is 72.3 Å². The van der Waals surface area contributed by atoms with Crippen molar-refractivity contribution < 1.29 is 14.6 Å². The monoisotopic (exact) mass is 290 g/mol. The lowest BCUT2D eigenvalue weighted by Crippen LogP contribution is -1.99. The van der Waals surface area contributed by atoms with Gasteiger partial charge in [0.15, 0.2) is 5.75 Å². The quantitative estimate of drug-likeness (QED) is 0.881. The number of carbonyl (C=O) groups is 1. The van der Waals surface area contributed by atoms with Gasteiger partial charge in [-0.25, -0.2) is 14.8 Å². The summed E-state index contributed by atoms with van der Waals surface area (Å²) in [6, 6.07) is 6.62. The lowest BCUT2D eigenvalue weighted by molar-refractivity contribution is 0.0696. The second kappa shape index (κ2) is 6.91. The Morgan fingerprint density at radius 3 is 2.95 bits per heavy atom. The zero-order valence-corrected chi connectivity index (χ0v) is 11.8. The smallest absolute Gasteiger partial charge is 0.335 e. The molecule has 104 valence electrons. The minimum absolute atomic E-state index is 0.203. The van der Waals surface area contributed by atoms with Crippen LogP contribution in [0.3, 0.4) is 0 Å². The minimum atomic E-state index is -0.974. The molecular formula is C14H14N2O3S. The summed E-state index contributed by atoms with van der Waals surface area (Å²) in [7, 11) is 0. The highest BCUT2D eigenvalue weighted by molar-refractivity contribution is 7.99. The molecule has 6 heteroatoms. The Bertz CT molecular complexity index is 604. The van der Waals surface area contributed by atoms with Gasteiger partial charge in [0.1, 0.15) is 10.1 Å². The van der Waals surface area contributed by atoms with E-state index in [1.165, 1.54) is 30.1 Å². The van der Waals surface area contributed by atoms with E-state index in [2.05, 4.69) is 9.97 Å². The second-order valence-corrected chi connectivity index (χ2v) is 4.95. The summed E-state index contributed by atoms with van der Waals surface area (Å²) in [5.74, 6) is -0.292. The van der Waals surface area contributed by atoms with Crippen LogP contribution in [0.15, 0.2) is 46.7 Å². The highest BCUT2D eigenvalue weighted by atomic mass is 32.2. The molecule has 0 atom stereocenters. The minimum Gasteiger partial charge on any atom is -0.491 e. The first-order chi connectivity index (χ1) is 9.70. The summed E-state index contributed by atoms with van der Waals surface area (Å²) in [5, 5.41) is 10.2. The number of carboxylic acid groups (broad SMARTS) is 1. The van der Waals surface area contributed by atoms with Gasteiger partial charge in [0, 0.05) is 12.4 Å². The van der Waals surface area contributed by atoms with E-state index in [0.717, 1.165) is 6.42 Å². The van der Waals surface area contributed by atoms with Crippen LogP contribution in [0.5, 0.6) is 5.75 Å². The molecule has 0 aliphatic carbocycles. The maximum atomic E-state index is 10.9. The third-order valence-corrected chi connectivity index (χ3v) is 3.31. The summed E-state index contributed by atoms with van der Waals surface area (Å²) in [4.78, 5) is 19.3. The summed E-state index contributed by atoms with van der Waals surface area (Å²) in [6.45, 7) is 2.64. The van der Waals surface area contributed by atoms with E-state index in [0.29, 0.717) is 22.4 Å². The Morgan fingerprint density at radius 2 is 2.20 bits per heavy atom. The molecule has 2 heterocycles. The van der Waals surface area contributed by atoms with Crippen molar-refractivity contribution >= 4 is 17.7 Å². The van der Waals surface area contributed by atoms with Gasteiger partial charge in [0.05, 0.1) is 12.2 Å². The molecule has 1 N–H and O–H groups in total. The Kier molecular flexibility index (Phi) is 4.95. The Balaban J connectivity index is 2.21. The maximum Gasteiger partial charge on any atom is 0.335 e. The third kappa shape index (κ3) is 3.71. The molecule has 0 aliphatic rings. The van der Waals surface area contributed by atoms with Crippen molar-refractivity contribution in [3.8, 4) is 5.75 Å². The average molecular weight is 290 g/mol. The molecule has 0 saturated carbocycles. The zero-order chi connectivity index (χ0) is 14.4. The van der Waals surface area contributed by atoms with Crippen molar-refractivity contribution in [3.05, 3.63) is 42.2 Å². The van der Waals surface area contributed by atoms with Gasteiger partial charge in [-0.3, -0.25) is 0 Å². The molecule has 0 fully saturated rings. The van der Waals surface area contributed by atoms with Crippen LogP contribution in [0.2, 0.25) is 0 Å². The molecule has 0 spiro atoms. The Hall–Kier alpha value is -2.08. The first kappa shape index (κ1) is 14.3. The van der Waals surface area contributed by atoms with Crippen molar-refractivity contribution in [1.82, 2.24) is 9.97 Å². The van der Waals surface area contributed by atoms with Crippen LogP contribution in [-0.4, -0.2) is 27.7 Å². The molecular weight excluding hydrogens is 276 g/mol. The Labute approximate surface area is 121 Å². The Morgan fingerprint density at radius 1 is 1.35 bits per heavy atom. The number of hydrogen-bond acceptors (Lipinski definition) is 5. The predicted molar refractivity (Wildman–Crippen MR) is 75.3 cm³/mol. The van der Waals surface area contributed by atoms with Crippen molar-refractivity contribution in [2.45, 2.75) is 23.4 Å². The van der Waals surface area contributed by atoms with Gasteiger partial charge in [-0.05, 0) is 42.4 Å². The van der Waals surface area contributed by atoms with Crippen LogP contribution < -0.4 is 4.74 Å². The molecule has 2 rings (SSSR count). The first-order valence-electron chi connectivity index (χ1n) is 6.15. The van der Waals surface area contributed by atoms with Gasteiger partial charge >= 0.3 is 5.97 Å². The highest BCUT2D eigenvalue weighted by Gasteiger charge is 2.10. The first-order valence-corrected chi connectivity index (χ1v) is 6.97. The molecule has 0 bridgehead atoms. The number of aromatic nitrogens is 2. The molecule has 20 heavy (non-hydrogen) atoms. The molecule has 5 nitrogen and oxygen atoms in total. The molecule has 0 amide bonds. The second-order valence-electron chi connectivity index (χ2n) is 3.95. The van der Waals surface area contributed by atoms with Gasteiger partial charge in [0.2, 0.25) is 0 Å². The van der Waals surface area contributed by atoms with Gasteiger partial charge in [-0.2, -0.15) is 0 Å². The van der Waals surface area contributed by atoms with Crippen LogP contribution in [0.25, 0.3) is 0 Å². The fourth-order valence-electron chi connectivity index (χ4n) is 1.47. The summed E-state index contributed by atoms with van der Waals surface area (Å²) in [5.41, 5.74) is 0.203. The van der Waals surface area contributed by atoms with E-state index >= 15 is 0 Å². The van der Waals surface area contributed by atoms with Gasteiger partial charge in [0.25, 0.3) is 0 Å². The fourth-order valence-corrected chi connectivity index (χ4v) is 2.31. The normalized spacial score (nSPS) is 10.2. The van der Waals surface area contributed by atoms with E-state index in [-0.39, 0.29) is 5.56 Å². The standard InChI is InChI=1S/C14H14N2O3S/c1-2-8-19-11-4-3-6-16-13(11)20-12-9-10(14(17)18)5-7-15-12/h3-7,9H,2,8H2,1H3,(H,17,18). The molecule has 0 aliphatic heterocycles. The molecule has 0 aromatic carbocycles. The van der Waals surface area contributed by atoms with E-state index in [9.17, 15) is 4.79 Å². The number of aromatic carboxylic acids is 1. The van der Waals surface area contributed by atoms with Crippen LogP contribution in [-0.2, 0) is 0 Å². The number of nitrogens with zero attached hydrogens (tertiary/aromatic N) is 2. The molecule has 0 saturated heterocycles. The SMILES string of the molecule is CCCOc1cccnc1Sc1cc(C(=O)O)ccn1. The van der Waals surface area contributed by atoms with Crippen molar-refractivity contribution in [3.63, 3.8) is 0 Å². The number of rotatable bonds is 6. The van der Waals surface area contributed by atoms with Crippen LogP contribution in [0, 0.1) is 0 Å². The number of hydrogen-bond donors (Lipinski definition) is 1. The van der Waals surface area contributed by atoms with Gasteiger partial charge < -0.3 is 9.84 Å².